The summed E-state index contributed by atoms with van der Waals surface area (Å²) in [5.74, 6) is 0.711. The number of rotatable bonds is 3. The molecule has 0 spiro atoms. The molecule has 2 nitrogen and oxygen atoms in total. The summed E-state index contributed by atoms with van der Waals surface area (Å²) in [4.78, 5) is 2.52. The molecule has 0 radical (unpaired) electrons. The molecule has 1 aromatic carbocycles. The molecule has 0 amide bonds. The van der Waals surface area contributed by atoms with Gasteiger partial charge in [0.1, 0.15) is 0 Å². The molecular formula is C13H20N2. The second kappa shape index (κ2) is 5.29. The molecule has 1 atom stereocenters. The third-order valence-corrected chi connectivity index (χ3v) is 3.19. The molecule has 15 heavy (non-hydrogen) atoms. The first-order valence-corrected chi connectivity index (χ1v) is 5.85. The maximum atomic E-state index is 5.73. The molecule has 2 heteroatoms. The van der Waals surface area contributed by atoms with Gasteiger partial charge in [0.05, 0.1) is 0 Å². The van der Waals surface area contributed by atoms with Gasteiger partial charge in [0.15, 0.2) is 0 Å². The van der Waals surface area contributed by atoms with Gasteiger partial charge in [0, 0.05) is 13.1 Å². The van der Waals surface area contributed by atoms with E-state index in [2.05, 4.69) is 35.2 Å². The number of likely N-dealkylation sites (tertiary alicyclic amines) is 1. The van der Waals surface area contributed by atoms with E-state index in [0.717, 1.165) is 13.1 Å². The number of hydrogen-bond acceptors (Lipinski definition) is 2. The summed E-state index contributed by atoms with van der Waals surface area (Å²) in [5.41, 5.74) is 7.14. The molecule has 2 N–H and O–H groups in total. The van der Waals surface area contributed by atoms with Crippen LogP contribution in [0.1, 0.15) is 18.4 Å². The van der Waals surface area contributed by atoms with E-state index in [-0.39, 0.29) is 0 Å². The van der Waals surface area contributed by atoms with Crippen LogP contribution >= 0.6 is 0 Å². The number of benzene rings is 1. The summed E-state index contributed by atoms with van der Waals surface area (Å²) < 4.78 is 0. The van der Waals surface area contributed by atoms with Gasteiger partial charge in [-0.05, 0) is 37.4 Å². The van der Waals surface area contributed by atoms with Crippen molar-refractivity contribution < 1.29 is 0 Å². The number of piperidine rings is 1. The standard InChI is InChI=1S/C13H20N2/c14-9-13-7-4-8-15(11-13)10-12-5-2-1-3-6-12/h1-3,5-6,13H,4,7-11,14H2/t13-/m0/s1. The predicted octanol–water partition coefficient (Wildman–Crippen LogP) is 1.86. The Kier molecular flexibility index (Phi) is 3.75. The molecular weight excluding hydrogens is 184 g/mol. The van der Waals surface area contributed by atoms with E-state index in [1.807, 2.05) is 0 Å². The van der Waals surface area contributed by atoms with Crippen LogP contribution in [0.15, 0.2) is 30.3 Å². The molecule has 2 rings (SSSR count). The molecule has 0 saturated carbocycles. The molecule has 1 aliphatic heterocycles. The van der Waals surface area contributed by atoms with Crippen molar-refractivity contribution in [2.24, 2.45) is 11.7 Å². The average molecular weight is 204 g/mol. The van der Waals surface area contributed by atoms with Gasteiger partial charge < -0.3 is 5.73 Å². The topological polar surface area (TPSA) is 29.3 Å². The summed E-state index contributed by atoms with van der Waals surface area (Å²) in [6.07, 6.45) is 2.61. The Morgan fingerprint density at radius 3 is 2.80 bits per heavy atom. The van der Waals surface area contributed by atoms with Crippen LogP contribution in [0.4, 0.5) is 0 Å². The van der Waals surface area contributed by atoms with Crippen molar-refractivity contribution in [3.8, 4) is 0 Å². The first-order valence-electron chi connectivity index (χ1n) is 5.85. The zero-order valence-electron chi connectivity index (χ0n) is 9.23. The largest absolute Gasteiger partial charge is 0.330 e. The number of hydrogen-bond donors (Lipinski definition) is 1. The van der Waals surface area contributed by atoms with E-state index in [1.54, 1.807) is 0 Å². The van der Waals surface area contributed by atoms with Crippen molar-refractivity contribution in [1.29, 1.82) is 0 Å². The fraction of sp³-hybridized carbons (Fsp3) is 0.538. The van der Waals surface area contributed by atoms with E-state index in [4.69, 9.17) is 5.73 Å². The van der Waals surface area contributed by atoms with Crippen LogP contribution in [-0.2, 0) is 6.54 Å². The summed E-state index contributed by atoms with van der Waals surface area (Å²) in [7, 11) is 0. The Morgan fingerprint density at radius 2 is 2.07 bits per heavy atom. The minimum atomic E-state index is 0.711. The van der Waals surface area contributed by atoms with Crippen LogP contribution in [-0.4, -0.2) is 24.5 Å². The van der Waals surface area contributed by atoms with Crippen molar-refractivity contribution in [3.05, 3.63) is 35.9 Å². The zero-order chi connectivity index (χ0) is 10.5. The minimum absolute atomic E-state index is 0.711. The molecule has 82 valence electrons. The van der Waals surface area contributed by atoms with Gasteiger partial charge in [0.2, 0.25) is 0 Å². The normalized spacial score (nSPS) is 22.9. The quantitative estimate of drug-likeness (QED) is 0.814. The Labute approximate surface area is 92.1 Å². The molecule has 0 aromatic heterocycles. The molecule has 1 aliphatic rings. The van der Waals surface area contributed by atoms with E-state index in [9.17, 15) is 0 Å². The third-order valence-electron chi connectivity index (χ3n) is 3.19. The molecule has 0 bridgehead atoms. The van der Waals surface area contributed by atoms with E-state index < -0.39 is 0 Å². The van der Waals surface area contributed by atoms with Crippen LogP contribution in [0.2, 0.25) is 0 Å². The van der Waals surface area contributed by atoms with Crippen LogP contribution in [0.3, 0.4) is 0 Å². The van der Waals surface area contributed by atoms with E-state index in [1.165, 1.54) is 31.5 Å². The monoisotopic (exact) mass is 204 g/mol. The lowest BCUT2D eigenvalue weighted by Crippen LogP contribution is -2.37. The van der Waals surface area contributed by atoms with Crippen LogP contribution in [0.25, 0.3) is 0 Å². The smallest absolute Gasteiger partial charge is 0.0233 e. The summed E-state index contributed by atoms with van der Waals surface area (Å²) >= 11 is 0. The van der Waals surface area contributed by atoms with Crippen molar-refractivity contribution in [3.63, 3.8) is 0 Å². The fourth-order valence-electron chi connectivity index (χ4n) is 2.33. The van der Waals surface area contributed by atoms with E-state index in [0.29, 0.717) is 5.92 Å². The van der Waals surface area contributed by atoms with Crippen LogP contribution < -0.4 is 5.73 Å². The maximum Gasteiger partial charge on any atom is 0.0233 e. The highest BCUT2D eigenvalue weighted by Crippen LogP contribution is 2.17. The van der Waals surface area contributed by atoms with Gasteiger partial charge in [-0.2, -0.15) is 0 Å². The van der Waals surface area contributed by atoms with Gasteiger partial charge in [-0.15, -0.1) is 0 Å². The molecule has 1 fully saturated rings. The maximum absolute atomic E-state index is 5.73. The first kappa shape index (κ1) is 10.7. The summed E-state index contributed by atoms with van der Waals surface area (Å²) in [5, 5.41) is 0. The van der Waals surface area contributed by atoms with E-state index >= 15 is 0 Å². The predicted molar refractivity (Wildman–Crippen MR) is 63.5 cm³/mol. The number of nitrogens with zero attached hydrogens (tertiary/aromatic N) is 1. The van der Waals surface area contributed by atoms with Crippen LogP contribution in [0, 0.1) is 5.92 Å². The van der Waals surface area contributed by atoms with Gasteiger partial charge in [-0.3, -0.25) is 4.90 Å². The highest BCUT2D eigenvalue weighted by atomic mass is 15.1. The van der Waals surface area contributed by atoms with Gasteiger partial charge in [-0.1, -0.05) is 30.3 Å². The second-order valence-electron chi connectivity index (χ2n) is 4.46. The lowest BCUT2D eigenvalue weighted by atomic mass is 9.98. The minimum Gasteiger partial charge on any atom is -0.330 e. The molecule has 1 aromatic rings. The van der Waals surface area contributed by atoms with Crippen molar-refractivity contribution in [1.82, 2.24) is 4.90 Å². The van der Waals surface area contributed by atoms with Gasteiger partial charge >= 0.3 is 0 Å². The summed E-state index contributed by atoms with van der Waals surface area (Å²) in [6, 6.07) is 10.7. The van der Waals surface area contributed by atoms with Gasteiger partial charge in [0.25, 0.3) is 0 Å². The van der Waals surface area contributed by atoms with Gasteiger partial charge in [-0.25, -0.2) is 0 Å². The fourth-order valence-corrected chi connectivity index (χ4v) is 2.33. The Balaban J connectivity index is 1.89. The Hall–Kier alpha value is -0.860. The second-order valence-corrected chi connectivity index (χ2v) is 4.46. The molecule has 1 saturated heterocycles. The zero-order valence-corrected chi connectivity index (χ0v) is 9.23. The van der Waals surface area contributed by atoms with Crippen molar-refractivity contribution in [2.45, 2.75) is 19.4 Å². The first-order chi connectivity index (χ1) is 7.38. The average Bonchev–Trinajstić information content (AvgIpc) is 2.31. The van der Waals surface area contributed by atoms with Crippen molar-refractivity contribution in [2.75, 3.05) is 19.6 Å². The highest BCUT2D eigenvalue weighted by Gasteiger charge is 2.18. The summed E-state index contributed by atoms with van der Waals surface area (Å²) in [6.45, 7) is 4.32. The SMILES string of the molecule is NC[C@@H]1CCCN(Cc2ccccc2)C1. The highest BCUT2D eigenvalue weighted by molar-refractivity contribution is 5.14. The lowest BCUT2D eigenvalue weighted by molar-refractivity contribution is 0.171. The molecule has 0 aliphatic carbocycles. The molecule has 0 unspecified atom stereocenters. The Morgan fingerprint density at radius 1 is 1.27 bits per heavy atom. The lowest BCUT2D eigenvalue weighted by Gasteiger charge is -2.32. The van der Waals surface area contributed by atoms with Crippen LogP contribution in [0.5, 0.6) is 0 Å². The molecule has 1 heterocycles. The Bertz CT molecular complexity index is 284. The number of nitrogens with two attached hydrogens (primary N) is 1. The van der Waals surface area contributed by atoms with Crippen molar-refractivity contribution >= 4 is 0 Å². The third kappa shape index (κ3) is 3.05.